The molecular weight excluding hydrogens is 190 g/mol. The average molecular weight is 217 g/mol. The summed E-state index contributed by atoms with van der Waals surface area (Å²) in [5.41, 5.74) is 0.0750. The molecule has 3 nitrogen and oxygen atoms in total. The van der Waals surface area contributed by atoms with Gasteiger partial charge in [0.05, 0.1) is 0 Å². The summed E-state index contributed by atoms with van der Waals surface area (Å²) < 4.78 is 5.26. The molecule has 0 unspecified atom stereocenters. The van der Waals surface area contributed by atoms with E-state index >= 15 is 0 Å². The molecule has 0 saturated carbocycles. The number of ether oxygens (including phenoxy) is 1. The van der Waals surface area contributed by atoms with Gasteiger partial charge in [-0.15, -0.1) is 0 Å². The third-order valence-electron chi connectivity index (χ3n) is 3.18. The molecule has 0 aliphatic carbocycles. The van der Waals surface area contributed by atoms with E-state index < -0.39 is 0 Å². The van der Waals surface area contributed by atoms with Crippen molar-refractivity contribution in [2.45, 2.75) is 40.0 Å². The summed E-state index contributed by atoms with van der Waals surface area (Å²) in [6.45, 7) is 10.1. The lowest BCUT2D eigenvalue weighted by Gasteiger charge is -2.29. The van der Waals surface area contributed by atoms with Gasteiger partial charge >= 0.3 is 0 Å². The molecule has 3 heteroatoms. The number of aliphatic hydroxyl groups is 1. The summed E-state index contributed by atoms with van der Waals surface area (Å²) >= 11 is 0. The van der Waals surface area contributed by atoms with Crippen LogP contribution in [0.25, 0.3) is 0 Å². The van der Waals surface area contributed by atoms with Gasteiger partial charge < -0.3 is 15.2 Å². The first kappa shape index (κ1) is 14.9. The van der Waals surface area contributed by atoms with E-state index in [0.717, 1.165) is 45.6 Å². The number of nitrogens with one attached hydrogen (secondary N) is 1. The van der Waals surface area contributed by atoms with Crippen LogP contribution < -0.4 is 5.32 Å². The van der Waals surface area contributed by atoms with E-state index in [0.29, 0.717) is 0 Å². The van der Waals surface area contributed by atoms with E-state index in [-0.39, 0.29) is 12.0 Å². The predicted octanol–water partition coefficient (Wildman–Crippen LogP) is 1.80. The molecule has 15 heavy (non-hydrogen) atoms. The Kier molecular flexibility index (Phi) is 9.06. The van der Waals surface area contributed by atoms with Crippen LogP contribution in [0.4, 0.5) is 0 Å². The van der Waals surface area contributed by atoms with E-state index in [1.807, 2.05) is 6.92 Å². The molecule has 0 aromatic carbocycles. The van der Waals surface area contributed by atoms with Crippen LogP contribution in [0.5, 0.6) is 0 Å². The fourth-order valence-electron chi connectivity index (χ4n) is 1.58. The highest BCUT2D eigenvalue weighted by molar-refractivity contribution is 4.77. The maximum Gasteiger partial charge on any atom is 0.0499 e. The molecule has 0 atom stereocenters. The first-order valence-electron chi connectivity index (χ1n) is 6.14. The molecule has 0 aliphatic heterocycles. The summed E-state index contributed by atoms with van der Waals surface area (Å²) in [6, 6.07) is 0. The quantitative estimate of drug-likeness (QED) is 0.548. The second-order valence-corrected chi connectivity index (χ2v) is 4.09. The Morgan fingerprint density at radius 3 is 2.33 bits per heavy atom. The molecular formula is C12H27NO2. The van der Waals surface area contributed by atoms with Gasteiger partial charge in [0.15, 0.2) is 0 Å². The standard InChI is InChI=1S/C12H27NO2/c1-4-12(5-2,11-14)10-13-8-7-9-15-6-3/h13-14H,4-11H2,1-3H3. The van der Waals surface area contributed by atoms with Crippen molar-refractivity contribution in [1.29, 1.82) is 0 Å². The molecule has 0 rings (SSSR count). The van der Waals surface area contributed by atoms with Crippen molar-refractivity contribution in [3.63, 3.8) is 0 Å². The number of aliphatic hydroxyl groups excluding tert-OH is 1. The van der Waals surface area contributed by atoms with Gasteiger partial charge in [0.2, 0.25) is 0 Å². The molecule has 0 spiro atoms. The summed E-state index contributed by atoms with van der Waals surface area (Å²) in [4.78, 5) is 0. The van der Waals surface area contributed by atoms with Crippen LogP contribution in [0.2, 0.25) is 0 Å². The molecule has 0 bridgehead atoms. The Hall–Kier alpha value is -0.120. The van der Waals surface area contributed by atoms with E-state index in [9.17, 15) is 5.11 Å². The van der Waals surface area contributed by atoms with E-state index in [1.165, 1.54) is 0 Å². The Morgan fingerprint density at radius 1 is 1.20 bits per heavy atom. The molecule has 0 heterocycles. The Labute approximate surface area is 94.2 Å². The molecule has 0 aromatic rings. The minimum atomic E-state index is 0.0750. The Morgan fingerprint density at radius 2 is 1.87 bits per heavy atom. The maximum atomic E-state index is 9.35. The SMILES string of the molecule is CCOCCCNCC(CC)(CC)CO. The van der Waals surface area contributed by atoms with Crippen molar-refractivity contribution in [3.05, 3.63) is 0 Å². The van der Waals surface area contributed by atoms with Crippen LogP contribution >= 0.6 is 0 Å². The van der Waals surface area contributed by atoms with Crippen LogP contribution in [0.3, 0.4) is 0 Å². The first-order valence-corrected chi connectivity index (χ1v) is 6.14. The normalized spacial score (nSPS) is 12.0. The fourth-order valence-corrected chi connectivity index (χ4v) is 1.58. The van der Waals surface area contributed by atoms with Crippen molar-refractivity contribution >= 4 is 0 Å². The van der Waals surface area contributed by atoms with Gasteiger partial charge in [-0.3, -0.25) is 0 Å². The second kappa shape index (κ2) is 9.13. The predicted molar refractivity (Wildman–Crippen MR) is 64.1 cm³/mol. The van der Waals surface area contributed by atoms with Crippen molar-refractivity contribution in [2.75, 3.05) is 32.9 Å². The van der Waals surface area contributed by atoms with Gasteiger partial charge in [0.25, 0.3) is 0 Å². The lowest BCUT2D eigenvalue weighted by atomic mass is 9.83. The van der Waals surface area contributed by atoms with Crippen molar-refractivity contribution in [1.82, 2.24) is 5.32 Å². The topological polar surface area (TPSA) is 41.5 Å². The molecule has 0 fully saturated rings. The molecule has 2 N–H and O–H groups in total. The number of hydrogen-bond acceptors (Lipinski definition) is 3. The zero-order valence-corrected chi connectivity index (χ0v) is 10.5. The van der Waals surface area contributed by atoms with E-state index in [2.05, 4.69) is 19.2 Å². The van der Waals surface area contributed by atoms with Gasteiger partial charge in [-0.25, -0.2) is 0 Å². The first-order chi connectivity index (χ1) is 7.24. The highest BCUT2D eigenvalue weighted by atomic mass is 16.5. The van der Waals surface area contributed by atoms with Gasteiger partial charge in [0.1, 0.15) is 0 Å². The lowest BCUT2D eigenvalue weighted by molar-refractivity contribution is 0.110. The molecule has 0 saturated heterocycles. The lowest BCUT2D eigenvalue weighted by Crippen LogP contribution is -2.37. The minimum Gasteiger partial charge on any atom is -0.396 e. The van der Waals surface area contributed by atoms with Crippen molar-refractivity contribution in [2.24, 2.45) is 5.41 Å². The van der Waals surface area contributed by atoms with Crippen LogP contribution in [-0.2, 0) is 4.74 Å². The van der Waals surface area contributed by atoms with Crippen LogP contribution in [0.1, 0.15) is 40.0 Å². The largest absolute Gasteiger partial charge is 0.396 e. The van der Waals surface area contributed by atoms with Gasteiger partial charge in [-0.05, 0) is 32.7 Å². The number of rotatable bonds is 10. The van der Waals surface area contributed by atoms with Crippen molar-refractivity contribution in [3.8, 4) is 0 Å². The summed E-state index contributed by atoms with van der Waals surface area (Å²) in [7, 11) is 0. The highest BCUT2D eigenvalue weighted by Gasteiger charge is 2.24. The van der Waals surface area contributed by atoms with Crippen LogP contribution in [0, 0.1) is 5.41 Å². The molecule has 0 amide bonds. The van der Waals surface area contributed by atoms with Crippen LogP contribution in [0.15, 0.2) is 0 Å². The summed E-state index contributed by atoms with van der Waals surface area (Å²) in [5, 5.41) is 12.8. The summed E-state index contributed by atoms with van der Waals surface area (Å²) in [5.74, 6) is 0. The van der Waals surface area contributed by atoms with Gasteiger partial charge in [-0.1, -0.05) is 13.8 Å². The Bertz CT molecular complexity index is 127. The zero-order chi connectivity index (χ0) is 11.6. The van der Waals surface area contributed by atoms with Gasteiger partial charge in [-0.2, -0.15) is 0 Å². The molecule has 0 radical (unpaired) electrons. The minimum absolute atomic E-state index is 0.0750. The second-order valence-electron chi connectivity index (χ2n) is 4.09. The van der Waals surface area contributed by atoms with Gasteiger partial charge in [0, 0.05) is 31.8 Å². The summed E-state index contributed by atoms with van der Waals surface area (Å²) in [6.07, 6.45) is 3.10. The van der Waals surface area contributed by atoms with Crippen molar-refractivity contribution < 1.29 is 9.84 Å². The highest BCUT2D eigenvalue weighted by Crippen LogP contribution is 2.24. The zero-order valence-electron chi connectivity index (χ0n) is 10.5. The molecule has 0 aromatic heterocycles. The van der Waals surface area contributed by atoms with E-state index in [4.69, 9.17) is 4.74 Å². The maximum absolute atomic E-state index is 9.35. The third kappa shape index (κ3) is 6.13. The monoisotopic (exact) mass is 217 g/mol. The average Bonchev–Trinajstić information content (AvgIpc) is 2.29. The Balaban J connectivity index is 3.54. The number of hydrogen-bond donors (Lipinski definition) is 2. The van der Waals surface area contributed by atoms with Crippen LogP contribution in [-0.4, -0.2) is 38.0 Å². The molecule has 92 valence electrons. The third-order valence-corrected chi connectivity index (χ3v) is 3.18. The van der Waals surface area contributed by atoms with E-state index in [1.54, 1.807) is 0 Å². The fraction of sp³-hybridized carbons (Fsp3) is 1.00. The molecule has 0 aliphatic rings. The smallest absolute Gasteiger partial charge is 0.0499 e.